The van der Waals surface area contributed by atoms with Crippen molar-refractivity contribution in [2.75, 3.05) is 41.8 Å². The van der Waals surface area contributed by atoms with E-state index < -0.39 is 29.2 Å². The Balaban J connectivity index is 1.48. The number of nitrogens with one attached hydrogen (secondary N) is 3. The van der Waals surface area contributed by atoms with Gasteiger partial charge in [-0.15, -0.1) is 0 Å². The second-order valence-electron chi connectivity index (χ2n) is 11.2. The van der Waals surface area contributed by atoms with Gasteiger partial charge in [0, 0.05) is 32.4 Å². The van der Waals surface area contributed by atoms with Crippen LogP contribution in [-0.4, -0.2) is 53.3 Å². The molecule has 4 aromatic rings. The number of nitrogens with zero attached hydrogens (tertiary/aromatic N) is 3. The highest BCUT2D eigenvalue weighted by Crippen LogP contribution is 2.37. The van der Waals surface area contributed by atoms with E-state index in [-0.39, 0.29) is 27.8 Å². The van der Waals surface area contributed by atoms with Crippen molar-refractivity contribution >= 4 is 69.1 Å². The summed E-state index contributed by atoms with van der Waals surface area (Å²) >= 11 is 13.1. The first-order valence-electron chi connectivity index (χ1n) is 14.2. The van der Waals surface area contributed by atoms with Crippen molar-refractivity contribution in [2.24, 2.45) is 7.05 Å². The number of morpholine rings is 1. The third-order valence-electron chi connectivity index (χ3n) is 7.45. The molecule has 3 N–H and O–H groups in total. The van der Waals surface area contributed by atoms with Crippen LogP contribution in [0.5, 0.6) is 0 Å². The fourth-order valence-corrected chi connectivity index (χ4v) is 5.40. The number of ether oxygens (including phenoxy) is 1. The number of aryl methyl sites for hydroxylation is 1. The lowest BCUT2D eigenvalue weighted by Crippen LogP contribution is -2.38. The van der Waals surface area contributed by atoms with Gasteiger partial charge < -0.3 is 30.2 Å². The number of imidazole rings is 1. The number of amides is 2. The highest BCUT2D eigenvalue weighted by Gasteiger charge is 2.30. The molecule has 46 heavy (non-hydrogen) atoms. The van der Waals surface area contributed by atoms with Crippen molar-refractivity contribution < 1.29 is 31.9 Å². The Kier molecular flexibility index (Phi) is 9.39. The zero-order valence-electron chi connectivity index (χ0n) is 25.0. The Morgan fingerprint density at radius 1 is 1.00 bits per heavy atom. The molecule has 1 aliphatic heterocycles. The largest absolute Gasteiger partial charge is 0.416 e. The molecular weight excluding hydrogens is 651 g/mol. The number of halogens is 6. The molecular formula is C31H30Cl2F4N6O3. The van der Waals surface area contributed by atoms with E-state index in [9.17, 15) is 27.2 Å². The molecule has 3 aromatic carbocycles. The van der Waals surface area contributed by atoms with Gasteiger partial charge in [-0.3, -0.25) is 9.59 Å². The first-order valence-corrected chi connectivity index (χ1v) is 14.9. The summed E-state index contributed by atoms with van der Waals surface area (Å²) in [7, 11) is 1.76. The molecule has 5 rings (SSSR count). The maximum Gasteiger partial charge on any atom is 0.416 e. The Morgan fingerprint density at radius 3 is 2.30 bits per heavy atom. The highest BCUT2D eigenvalue weighted by atomic mass is 35.5. The predicted octanol–water partition coefficient (Wildman–Crippen LogP) is 7.10. The van der Waals surface area contributed by atoms with E-state index in [2.05, 4.69) is 20.9 Å². The number of carbonyl (C=O) groups excluding carboxylic acids is 2. The summed E-state index contributed by atoms with van der Waals surface area (Å²) in [6.07, 6.45) is -4.50. The van der Waals surface area contributed by atoms with E-state index in [4.69, 9.17) is 27.9 Å². The van der Waals surface area contributed by atoms with Crippen LogP contribution < -0.4 is 20.9 Å². The van der Waals surface area contributed by atoms with Gasteiger partial charge in [-0.05, 0) is 61.9 Å². The van der Waals surface area contributed by atoms with Gasteiger partial charge in [0.1, 0.15) is 0 Å². The summed E-state index contributed by atoms with van der Waals surface area (Å²) in [5.41, 5.74) is 0.0711. The minimum absolute atomic E-state index is 0.0419. The van der Waals surface area contributed by atoms with E-state index in [0.717, 1.165) is 26.0 Å². The van der Waals surface area contributed by atoms with Crippen LogP contribution in [0, 0.1) is 0 Å². The molecule has 1 aromatic heterocycles. The average Bonchev–Trinajstić information content (AvgIpc) is 3.31. The molecule has 1 fully saturated rings. The number of benzene rings is 3. The number of anilines is 4. The van der Waals surface area contributed by atoms with Crippen LogP contribution in [-0.2, 0) is 29.3 Å². The van der Waals surface area contributed by atoms with Gasteiger partial charge in [0.2, 0.25) is 5.95 Å². The van der Waals surface area contributed by atoms with Crippen LogP contribution in [0.25, 0.3) is 11.0 Å². The maximum absolute atomic E-state index is 14.0. The molecule has 0 unspecified atom stereocenters. The molecule has 244 valence electrons. The van der Waals surface area contributed by atoms with Gasteiger partial charge in [-0.2, -0.15) is 13.2 Å². The number of alkyl halides is 4. The molecule has 0 bridgehead atoms. The fourth-order valence-electron chi connectivity index (χ4n) is 4.87. The number of aromatic nitrogens is 2. The van der Waals surface area contributed by atoms with E-state index in [0.29, 0.717) is 60.2 Å². The molecule has 9 nitrogen and oxygen atoms in total. The molecule has 0 saturated carbocycles. The van der Waals surface area contributed by atoms with Gasteiger partial charge in [0.05, 0.1) is 56.8 Å². The van der Waals surface area contributed by atoms with E-state index in [1.165, 1.54) is 12.1 Å². The van der Waals surface area contributed by atoms with Gasteiger partial charge in [-0.25, -0.2) is 9.37 Å². The standard InChI is InChI=1S/C31H30Cl2F4N6O3/c1-30(2,34)28(45)38-16-17-4-9-21(32)26(25(17)33)41-29-40-22-14-20(23(15-24(22)42(29)3)43-10-12-46-13-11-43)27(44)39-19-7-5-18(6-8-19)31(35,36)37/h4-9,14-15H,10-13,16H2,1-3H3,(H,38,45)(H,39,44)(H,40,41). The SMILES string of the molecule is Cn1c(Nc2c(Cl)ccc(CNC(=O)C(C)(C)F)c2Cl)nc2cc(C(=O)Nc3ccc(C(F)(F)F)cc3)c(N3CCOCC3)cc21. The Hall–Kier alpha value is -4.07. The van der Waals surface area contributed by atoms with Crippen molar-refractivity contribution in [1.82, 2.24) is 14.9 Å². The summed E-state index contributed by atoms with van der Waals surface area (Å²) in [5.74, 6) is -0.990. The molecule has 2 amide bonds. The monoisotopic (exact) mass is 680 g/mol. The Labute approximate surface area is 271 Å². The van der Waals surface area contributed by atoms with Crippen molar-refractivity contribution in [2.45, 2.75) is 32.2 Å². The van der Waals surface area contributed by atoms with Crippen LogP contribution in [0.4, 0.5) is 40.6 Å². The Morgan fingerprint density at radius 2 is 1.67 bits per heavy atom. The van der Waals surface area contributed by atoms with Crippen molar-refractivity contribution in [3.05, 3.63) is 75.3 Å². The third-order valence-corrected chi connectivity index (χ3v) is 8.20. The lowest BCUT2D eigenvalue weighted by molar-refractivity contribution is -0.137. The highest BCUT2D eigenvalue weighted by molar-refractivity contribution is 6.39. The van der Waals surface area contributed by atoms with E-state index >= 15 is 0 Å². The molecule has 0 aliphatic carbocycles. The van der Waals surface area contributed by atoms with Crippen molar-refractivity contribution in [3.8, 4) is 0 Å². The first kappa shape index (κ1) is 33.3. The molecule has 1 aliphatic rings. The number of hydrogen-bond acceptors (Lipinski definition) is 6. The van der Waals surface area contributed by atoms with Crippen LogP contribution >= 0.6 is 23.2 Å². The van der Waals surface area contributed by atoms with Gasteiger partial charge in [0.15, 0.2) is 5.67 Å². The Bertz CT molecular complexity index is 1780. The normalized spacial score (nSPS) is 14.0. The summed E-state index contributed by atoms with van der Waals surface area (Å²) in [6.45, 7) is 4.20. The van der Waals surface area contributed by atoms with Gasteiger partial charge in [-0.1, -0.05) is 29.3 Å². The summed E-state index contributed by atoms with van der Waals surface area (Å²) in [6, 6.07) is 10.8. The number of hydrogen-bond donors (Lipinski definition) is 3. The van der Waals surface area contributed by atoms with Crippen LogP contribution in [0.3, 0.4) is 0 Å². The molecule has 0 spiro atoms. The smallest absolute Gasteiger partial charge is 0.378 e. The maximum atomic E-state index is 14.0. The molecule has 0 atom stereocenters. The summed E-state index contributed by atoms with van der Waals surface area (Å²) < 4.78 is 60.3. The number of rotatable bonds is 8. The van der Waals surface area contributed by atoms with E-state index in [1.54, 1.807) is 29.8 Å². The first-order chi connectivity index (χ1) is 21.6. The average molecular weight is 682 g/mol. The van der Waals surface area contributed by atoms with Gasteiger partial charge >= 0.3 is 6.18 Å². The second-order valence-corrected chi connectivity index (χ2v) is 11.9. The molecule has 15 heteroatoms. The minimum atomic E-state index is -4.50. The fraction of sp³-hybridized carbons (Fsp3) is 0.323. The predicted molar refractivity (Wildman–Crippen MR) is 170 cm³/mol. The van der Waals surface area contributed by atoms with E-state index in [1.807, 2.05) is 11.0 Å². The number of fused-ring (bicyclic) bond motifs is 1. The lowest BCUT2D eigenvalue weighted by atomic mass is 10.1. The lowest BCUT2D eigenvalue weighted by Gasteiger charge is -2.30. The zero-order valence-corrected chi connectivity index (χ0v) is 26.5. The third kappa shape index (κ3) is 7.16. The topological polar surface area (TPSA) is 101 Å². The van der Waals surface area contributed by atoms with Crippen LogP contribution in [0.1, 0.15) is 35.3 Å². The minimum Gasteiger partial charge on any atom is -0.378 e. The molecule has 1 saturated heterocycles. The van der Waals surface area contributed by atoms with Crippen molar-refractivity contribution in [3.63, 3.8) is 0 Å². The van der Waals surface area contributed by atoms with Crippen molar-refractivity contribution in [1.29, 1.82) is 0 Å². The van der Waals surface area contributed by atoms with Gasteiger partial charge in [0.25, 0.3) is 11.8 Å². The quantitative estimate of drug-likeness (QED) is 0.172. The second kappa shape index (κ2) is 13.0. The van der Waals surface area contributed by atoms with Crippen LogP contribution in [0.2, 0.25) is 10.0 Å². The van der Waals surface area contributed by atoms with Crippen LogP contribution in [0.15, 0.2) is 48.5 Å². The number of carbonyl (C=O) groups is 2. The summed E-state index contributed by atoms with van der Waals surface area (Å²) in [5, 5.41) is 8.80. The summed E-state index contributed by atoms with van der Waals surface area (Å²) in [4.78, 5) is 32.3. The zero-order chi connectivity index (χ0) is 33.4. The molecule has 0 radical (unpaired) electrons. The molecule has 2 heterocycles.